The summed E-state index contributed by atoms with van der Waals surface area (Å²) in [7, 11) is 0. The molecule has 24 heavy (non-hydrogen) atoms. The Balaban J connectivity index is 1.60. The first-order chi connectivity index (χ1) is 11.5. The van der Waals surface area contributed by atoms with Crippen molar-refractivity contribution >= 4 is 5.91 Å². The number of nitrogens with zero attached hydrogens (tertiary/aromatic N) is 1. The maximum atomic E-state index is 13.3. The fraction of sp³-hybridized carbons (Fsp3) is 0.632. The predicted octanol–water partition coefficient (Wildman–Crippen LogP) is 3.93. The molecule has 0 spiro atoms. The molecule has 2 atom stereocenters. The van der Waals surface area contributed by atoms with E-state index in [2.05, 4.69) is 0 Å². The number of carbonyl (C=O) groups excluding carboxylic acids is 1. The number of likely N-dealkylation sites (tertiary alicyclic amines) is 1. The van der Waals surface area contributed by atoms with Gasteiger partial charge in [0.05, 0.1) is 6.10 Å². The van der Waals surface area contributed by atoms with E-state index in [0.717, 1.165) is 18.4 Å². The molecule has 0 radical (unpaired) electrons. The number of hydrogen-bond acceptors (Lipinski definition) is 2. The summed E-state index contributed by atoms with van der Waals surface area (Å²) in [6.45, 7) is 0.678. The number of aliphatic hydroxyl groups excluding tert-OH is 1. The highest BCUT2D eigenvalue weighted by Gasteiger charge is 2.40. The van der Waals surface area contributed by atoms with Gasteiger partial charge in [-0.05, 0) is 37.7 Å². The number of halogens is 2. The lowest BCUT2D eigenvalue weighted by atomic mass is 9.85. The Morgan fingerprint density at radius 2 is 1.88 bits per heavy atom. The van der Waals surface area contributed by atoms with Crippen molar-refractivity contribution in [3.05, 3.63) is 35.9 Å². The summed E-state index contributed by atoms with van der Waals surface area (Å²) in [5, 5.41) is 10.4. The predicted molar refractivity (Wildman–Crippen MR) is 87.7 cm³/mol. The number of aliphatic hydroxyl groups is 1. The highest BCUT2D eigenvalue weighted by Crippen LogP contribution is 2.38. The van der Waals surface area contributed by atoms with Gasteiger partial charge in [-0.1, -0.05) is 30.3 Å². The van der Waals surface area contributed by atoms with Gasteiger partial charge in [-0.2, -0.15) is 0 Å². The van der Waals surface area contributed by atoms with Gasteiger partial charge in [0.15, 0.2) is 0 Å². The molecule has 0 bridgehead atoms. The monoisotopic (exact) mass is 337 g/mol. The second-order valence-corrected chi connectivity index (χ2v) is 7.12. The Kier molecular flexibility index (Phi) is 5.18. The molecule has 3 nitrogen and oxygen atoms in total. The van der Waals surface area contributed by atoms with E-state index >= 15 is 0 Å². The summed E-state index contributed by atoms with van der Waals surface area (Å²) >= 11 is 0. The fourth-order valence-electron chi connectivity index (χ4n) is 3.96. The SMILES string of the molecule is O=C(C1CCC(F)(F)CC1)N1CCC[C@@H]1C[C@H](O)c1ccccc1. The number of carbonyl (C=O) groups is 1. The number of rotatable bonds is 4. The highest BCUT2D eigenvalue weighted by atomic mass is 19.3. The molecule has 1 amide bonds. The molecular weight excluding hydrogens is 312 g/mol. The van der Waals surface area contributed by atoms with Gasteiger partial charge in [0, 0.05) is 31.3 Å². The number of amides is 1. The van der Waals surface area contributed by atoms with Gasteiger partial charge in [0.25, 0.3) is 0 Å². The van der Waals surface area contributed by atoms with Crippen LogP contribution in [0.15, 0.2) is 30.3 Å². The van der Waals surface area contributed by atoms with Crippen LogP contribution in [0.1, 0.15) is 56.6 Å². The number of benzene rings is 1. The highest BCUT2D eigenvalue weighted by molar-refractivity contribution is 5.79. The van der Waals surface area contributed by atoms with E-state index in [0.29, 0.717) is 13.0 Å². The van der Waals surface area contributed by atoms with E-state index in [9.17, 15) is 18.7 Å². The van der Waals surface area contributed by atoms with Crippen molar-refractivity contribution in [2.45, 2.75) is 63.0 Å². The lowest BCUT2D eigenvalue weighted by Gasteiger charge is -2.33. The Morgan fingerprint density at radius 3 is 2.54 bits per heavy atom. The van der Waals surface area contributed by atoms with Crippen LogP contribution >= 0.6 is 0 Å². The van der Waals surface area contributed by atoms with Crippen molar-refractivity contribution in [2.75, 3.05) is 6.54 Å². The maximum absolute atomic E-state index is 13.3. The normalized spacial score (nSPS) is 25.6. The van der Waals surface area contributed by atoms with Crippen molar-refractivity contribution in [1.29, 1.82) is 0 Å². The Morgan fingerprint density at radius 1 is 1.21 bits per heavy atom. The molecule has 5 heteroatoms. The van der Waals surface area contributed by atoms with Gasteiger partial charge in [0.1, 0.15) is 0 Å². The van der Waals surface area contributed by atoms with Crippen molar-refractivity contribution in [3.8, 4) is 0 Å². The van der Waals surface area contributed by atoms with E-state index in [1.165, 1.54) is 0 Å². The van der Waals surface area contributed by atoms with Gasteiger partial charge >= 0.3 is 0 Å². The molecule has 0 unspecified atom stereocenters. The summed E-state index contributed by atoms with van der Waals surface area (Å²) < 4.78 is 26.6. The molecule has 1 saturated heterocycles. The number of alkyl halides is 2. The molecule has 132 valence electrons. The van der Waals surface area contributed by atoms with Gasteiger partial charge in [-0.15, -0.1) is 0 Å². The molecule has 3 rings (SSSR count). The molecule has 1 aliphatic heterocycles. The van der Waals surface area contributed by atoms with E-state index in [1.807, 2.05) is 35.2 Å². The van der Waals surface area contributed by atoms with Crippen LogP contribution in [0, 0.1) is 5.92 Å². The molecule has 2 aliphatic rings. The van der Waals surface area contributed by atoms with Gasteiger partial charge in [-0.25, -0.2) is 8.78 Å². The number of hydrogen-bond donors (Lipinski definition) is 1. The van der Waals surface area contributed by atoms with Crippen LogP contribution in [0.4, 0.5) is 8.78 Å². The summed E-state index contributed by atoms with van der Waals surface area (Å²) in [6.07, 6.45) is 1.88. The van der Waals surface area contributed by atoms with E-state index < -0.39 is 12.0 Å². The first-order valence-corrected chi connectivity index (χ1v) is 8.87. The minimum Gasteiger partial charge on any atom is -0.388 e. The van der Waals surface area contributed by atoms with Crippen LogP contribution in [0.25, 0.3) is 0 Å². The average molecular weight is 337 g/mol. The summed E-state index contributed by atoms with van der Waals surface area (Å²) in [5.41, 5.74) is 0.856. The van der Waals surface area contributed by atoms with Crippen molar-refractivity contribution < 1.29 is 18.7 Å². The zero-order valence-corrected chi connectivity index (χ0v) is 13.8. The molecule has 1 N–H and O–H groups in total. The van der Waals surface area contributed by atoms with Crippen LogP contribution in [0.2, 0.25) is 0 Å². The minimum absolute atomic E-state index is 0.00765. The van der Waals surface area contributed by atoms with Crippen molar-refractivity contribution in [1.82, 2.24) is 4.90 Å². The first kappa shape index (κ1) is 17.3. The van der Waals surface area contributed by atoms with Crippen molar-refractivity contribution in [3.63, 3.8) is 0 Å². The van der Waals surface area contributed by atoms with E-state index in [-0.39, 0.29) is 43.6 Å². The zero-order valence-electron chi connectivity index (χ0n) is 13.8. The van der Waals surface area contributed by atoms with Crippen LogP contribution in [0.5, 0.6) is 0 Å². The summed E-state index contributed by atoms with van der Waals surface area (Å²) in [6, 6.07) is 9.45. The second-order valence-electron chi connectivity index (χ2n) is 7.12. The third-order valence-electron chi connectivity index (χ3n) is 5.41. The smallest absolute Gasteiger partial charge is 0.248 e. The van der Waals surface area contributed by atoms with E-state index in [1.54, 1.807) is 0 Å². The summed E-state index contributed by atoms with van der Waals surface area (Å²) in [5.74, 6) is -2.88. The molecule has 1 aliphatic carbocycles. The largest absolute Gasteiger partial charge is 0.388 e. The molecule has 2 fully saturated rings. The molecule has 1 heterocycles. The van der Waals surface area contributed by atoms with Crippen molar-refractivity contribution in [2.24, 2.45) is 5.92 Å². The lowest BCUT2D eigenvalue weighted by Crippen LogP contribution is -2.42. The molecule has 1 aromatic carbocycles. The Bertz CT molecular complexity index is 554. The quantitative estimate of drug-likeness (QED) is 0.904. The van der Waals surface area contributed by atoms with Crippen LogP contribution < -0.4 is 0 Å². The maximum Gasteiger partial charge on any atom is 0.248 e. The van der Waals surface area contributed by atoms with Gasteiger partial charge < -0.3 is 10.0 Å². The van der Waals surface area contributed by atoms with E-state index in [4.69, 9.17) is 0 Å². The minimum atomic E-state index is -2.61. The standard InChI is InChI=1S/C19H25F2NO2/c20-19(21)10-8-15(9-11-19)18(24)22-12-4-7-16(22)13-17(23)14-5-2-1-3-6-14/h1-3,5-6,15-17,23H,4,7-13H2/t16-,17+/m1/s1. The topological polar surface area (TPSA) is 40.5 Å². The Labute approximate surface area is 141 Å². The second kappa shape index (κ2) is 7.18. The van der Waals surface area contributed by atoms with Crippen LogP contribution in [-0.2, 0) is 4.79 Å². The first-order valence-electron chi connectivity index (χ1n) is 8.87. The van der Waals surface area contributed by atoms with Crippen LogP contribution in [-0.4, -0.2) is 34.4 Å². The average Bonchev–Trinajstić information content (AvgIpc) is 3.03. The molecular formula is C19H25F2NO2. The summed E-state index contributed by atoms with van der Waals surface area (Å²) in [4.78, 5) is 14.6. The molecule has 1 saturated carbocycles. The third-order valence-corrected chi connectivity index (χ3v) is 5.41. The lowest BCUT2D eigenvalue weighted by molar-refractivity contribution is -0.141. The Hall–Kier alpha value is -1.49. The fourth-order valence-corrected chi connectivity index (χ4v) is 3.96. The van der Waals surface area contributed by atoms with Gasteiger partial charge in [0.2, 0.25) is 11.8 Å². The zero-order chi connectivity index (χ0) is 17.2. The third kappa shape index (κ3) is 3.94. The van der Waals surface area contributed by atoms with Crippen LogP contribution in [0.3, 0.4) is 0 Å². The molecule has 1 aromatic rings. The van der Waals surface area contributed by atoms with Gasteiger partial charge in [-0.3, -0.25) is 4.79 Å². The molecule has 0 aromatic heterocycles.